The number of hydrogen-bond donors (Lipinski definition) is 0. The Morgan fingerprint density at radius 3 is 2.68 bits per heavy atom. The summed E-state index contributed by atoms with van der Waals surface area (Å²) in [6.45, 7) is 6.79. The van der Waals surface area contributed by atoms with Gasteiger partial charge in [-0.3, -0.25) is 15.0 Å². The van der Waals surface area contributed by atoms with Crippen LogP contribution >= 0.6 is 0 Å². The van der Waals surface area contributed by atoms with Crippen molar-refractivity contribution in [2.24, 2.45) is 0 Å². The van der Waals surface area contributed by atoms with Gasteiger partial charge in [0.15, 0.2) is 11.5 Å². The van der Waals surface area contributed by atoms with Gasteiger partial charge in [0, 0.05) is 46.3 Å². The quantitative estimate of drug-likeness (QED) is 0.464. The van der Waals surface area contributed by atoms with Crippen LogP contribution in [0.15, 0.2) is 24.5 Å². The maximum Gasteiger partial charge on any atom is 0.353 e. The second-order valence-electron chi connectivity index (χ2n) is 7.85. The van der Waals surface area contributed by atoms with E-state index < -0.39 is 0 Å². The SMILES string of the molecule is CCCCN(C)c1ncnc(N2CCN(Cc3ccc4c(c3)OCO4)CC2)c1[N+](=O)[O-]. The van der Waals surface area contributed by atoms with Crippen molar-refractivity contribution in [3.63, 3.8) is 0 Å². The van der Waals surface area contributed by atoms with E-state index in [0.29, 0.717) is 24.7 Å². The molecule has 2 aromatic rings. The lowest BCUT2D eigenvalue weighted by Gasteiger charge is -2.35. The van der Waals surface area contributed by atoms with Gasteiger partial charge < -0.3 is 19.3 Å². The van der Waals surface area contributed by atoms with Gasteiger partial charge in [-0.1, -0.05) is 19.4 Å². The lowest BCUT2D eigenvalue weighted by Crippen LogP contribution is -2.46. The molecule has 1 saturated heterocycles. The standard InChI is InChI=1S/C21H28N6O4/c1-3-4-7-24(2)20-19(27(28)29)21(23-14-22-20)26-10-8-25(9-11-26)13-16-5-6-17-18(12-16)31-15-30-17/h5-6,12,14H,3-4,7-11,13,15H2,1-2H3. The highest BCUT2D eigenvalue weighted by Crippen LogP contribution is 2.35. The van der Waals surface area contributed by atoms with Crippen LogP contribution in [0.25, 0.3) is 0 Å². The molecular formula is C21H28N6O4. The first-order valence-corrected chi connectivity index (χ1v) is 10.6. The molecule has 2 aliphatic heterocycles. The highest BCUT2D eigenvalue weighted by atomic mass is 16.7. The molecule has 166 valence electrons. The molecule has 4 rings (SSSR count). The van der Waals surface area contributed by atoms with E-state index in [2.05, 4.69) is 21.8 Å². The predicted molar refractivity (Wildman–Crippen MR) is 117 cm³/mol. The molecule has 0 atom stereocenters. The zero-order valence-electron chi connectivity index (χ0n) is 18.0. The van der Waals surface area contributed by atoms with Crippen LogP contribution < -0.4 is 19.3 Å². The molecule has 10 heteroatoms. The molecule has 31 heavy (non-hydrogen) atoms. The van der Waals surface area contributed by atoms with E-state index in [-0.39, 0.29) is 17.4 Å². The number of anilines is 2. The first kappa shape index (κ1) is 21.1. The Morgan fingerprint density at radius 1 is 1.16 bits per heavy atom. The minimum Gasteiger partial charge on any atom is -0.454 e. The van der Waals surface area contributed by atoms with Crippen LogP contribution in [0.2, 0.25) is 0 Å². The average molecular weight is 428 g/mol. The molecule has 1 fully saturated rings. The third-order valence-electron chi connectivity index (χ3n) is 5.69. The maximum atomic E-state index is 11.9. The van der Waals surface area contributed by atoms with Gasteiger partial charge in [0.05, 0.1) is 4.92 Å². The van der Waals surface area contributed by atoms with E-state index >= 15 is 0 Å². The maximum absolute atomic E-state index is 11.9. The molecule has 0 N–H and O–H groups in total. The second kappa shape index (κ2) is 9.34. The summed E-state index contributed by atoms with van der Waals surface area (Å²) in [7, 11) is 1.85. The summed E-state index contributed by atoms with van der Waals surface area (Å²) in [4.78, 5) is 26.2. The molecular weight excluding hydrogens is 400 g/mol. The summed E-state index contributed by atoms with van der Waals surface area (Å²) in [5.41, 5.74) is 1.15. The Balaban J connectivity index is 1.44. The number of rotatable bonds is 8. The fourth-order valence-electron chi connectivity index (χ4n) is 3.95. The van der Waals surface area contributed by atoms with Crippen molar-refractivity contribution < 1.29 is 14.4 Å². The van der Waals surface area contributed by atoms with Gasteiger partial charge in [-0.05, 0) is 24.1 Å². The summed E-state index contributed by atoms with van der Waals surface area (Å²) >= 11 is 0. The molecule has 3 heterocycles. The fraction of sp³-hybridized carbons (Fsp3) is 0.524. The van der Waals surface area contributed by atoms with E-state index in [0.717, 1.165) is 56.1 Å². The average Bonchev–Trinajstić information content (AvgIpc) is 3.25. The van der Waals surface area contributed by atoms with Crippen molar-refractivity contribution in [2.75, 3.05) is 56.4 Å². The molecule has 0 radical (unpaired) electrons. The van der Waals surface area contributed by atoms with E-state index in [1.807, 2.05) is 35.0 Å². The van der Waals surface area contributed by atoms with Gasteiger partial charge in [0.1, 0.15) is 6.33 Å². The number of hydrogen-bond acceptors (Lipinski definition) is 9. The summed E-state index contributed by atoms with van der Waals surface area (Å²) in [5, 5.41) is 11.9. The first-order chi connectivity index (χ1) is 15.1. The van der Waals surface area contributed by atoms with E-state index in [4.69, 9.17) is 9.47 Å². The van der Waals surface area contributed by atoms with Crippen molar-refractivity contribution in [1.82, 2.24) is 14.9 Å². The number of nitro groups is 1. The minimum absolute atomic E-state index is 0.00896. The fourth-order valence-corrected chi connectivity index (χ4v) is 3.95. The first-order valence-electron chi connectivity index (χ1n) is 10.6. The highest BCUT2D eigenvalue weighted by Gasteiger charge is 2.30. The van der Waals surface area contributed by atoms with E-state index in [1.54, 1.807) is 0 Å². The number of aromatic nitrogens is 2. The van der Waals surface area contributed by atoms with Crippen molar-refractivity contribution in [1.29, 1.82) is 0 Å². The summed E-state index contributed by atoms with van der Waals surface area (Å²) in [6, 6.07) is 6.00. The number of piperazine rings is 1. The highest BCUT2D eigenvalue weighted by molar-refractivity contribution is 5.71. The molecule has 10 nitrogen and oxygen atoms in total. The number of fused-ring (bicyclic) bond motifs is 1. The summed E-state index contributed by atoms with van der Waals surface area (Å²) < 4.78 is 10.8. The van der Waals surface area contributed by atoms with Gasteiger partial charge in [0.25, 0.3) is 0 Å². The van der Waals surface area contributed by atoms with Crippen LogP contribution in [0, 0.1) is 10.1 Å². The topological polar surface area (TPSA) is 97.1 Å². The Bertz CT molecular complexity index is 932. The molecule has 0 amide bonds. The normalized spacial score (nSPS) is 15.9. The monoisotopic (exact) mass is 428 g/mol. The van der Waals surface area contributed by atoms with E-state index in [9.17, 15) is 10.1 Å². The second-order valence-corrected chi connectivity index (χ2v) is 7.85. The van der Waals surface area contributed by atoms with Crippen molar-refractivity contribution >= 4 is 17.3 Å². The van der Waals surface area contributed by atoms with E-state index in [1.165, 1.54) is 6.33 Å². The predicted octanol–water partition coefficient (Wildman–Crippen LogP) is 2.67. The van der Waals surface area contributed by atoms with Crippen molar-refractivity contribution in [3.8, 4) is 11.5 Å². The van der Waals surface area contributed by atoms with Gasteiger partial charge in [-0.2, -0.15) is 0 Å². The molecule has 0 saturated carbocycles. The number of nitrogens with zero attached hydrogens (tertiary/aromatic N) is 6. The van der Waals surface area contributed by atoms with Crippen molar-refractivity contribution in [3.05, 3.63) is 40.2 Å². The lowest BCUT2D eigenvalue weighted by atomic mass is 10.1. The van der Waals surface area contributed by atoms with Crippen LogP contribution in [0.1, 0.15) is 25.3 Å². The molecule has 0 bridgehead atoms. The van der Waals surface area contributed by atoms with Crippen molar-refractivity contribution in [2.45, 2.75) is 26.3 Å². The largest absolute Gasteiger partial charge is 0.454 e. The van der Waals surface area contributed by atoms with Crippen LogP contribution in [0.5, 0.6) is 11.5 Å². The van der Waals surface area contributed by atoms with Crippen LogP contribution in [-0.4, -0.2) is 66.4 Å². The zero-order valence-corrected chi connectivity index (χ0v) is 18.0. The molecule has 2 aliphatic rings. The Hall–Kier alpha value is -3.14. The minimum atomic E-state index is -0.355. The van der Waals surface area contributed by atoms with Crippen LogP contribution in [-0.2, 0) is 6.54 Å². The summed E-state index contributed by atoms with van der Waals surface area (Å²) in [5.74, 6) is 2.35. The molecule has 0 aliphatic carbocycles. The Labute approximate surface area is 181 Å². The van der Waals surface area contributed by atoms with Gasteiger partial charge in [-0.25, -0.2) is 9.97 Å². The van der Waals surface area contributed by atoms with Crippen LogP contribution in [0.3, 0.4) is 0 Å². The third kappa shape index (κ3) is 4.63. The number of unbranched alkanes of at least 4 members (excludes halogenated alkanes) is 1. The van der Waals surface area contributed by atoms with Gasteiger partial charge in [0.2, 0.25) is 18.4 Å². The molecule has 0 spiro atoms. The van der Waals surface area contributed by atoms with Gasteiger partial charge >= 0.3 is 5.69 Å². The van der Waals surface area contributed by atoms with Gasteiger partial charge in [-0.15, -0.1) is 0 Å². The Morgan fingerprint density at radius 2 is 1.94 bits per heavy atom. The Kier molecular flexibility index (Phi) is 6.36. The molecule has 1 aromatic carbocycles. The molecule has 0 unspecified atom stereocenters. The number of benzene rings is 1. The molecule has 1 aromatic heterocycles. The van der Waals surface area contributed by atoms with Crippen LogP contribution in [0.4, 0.5) is 17.3 Å². The third-order valence-corrected chi connectivity index (χ3v) is 5.69. The smallest absolute Gasteiger partial charge is 0.353 e. The summed E-state index contributed by atoms with van der Waals surface area (Å²) in [6.07, 6.45) is 3.39. The lowest BCUT2D eigenvalue weighted by molar-refractivity contribution is -0.383. The number of ether oxygens (including phenoxy) is 2. The zero-order chi connectivity index (χ0) is 21.8.